The lowest BCUT2D eigenvalue weighted by Gasteiger charge is -2.20. The molecular formula is C17H25N3O3. The average molecular weight is 319 g/mol. The number of nitrogens with zero attached hydrogens (tertiary/aromatic N) is 1. The van der Waals surface area contributed by atoms with Crippen molar-refractivity contribution in [2.75, 3.05) is 26.2 Å². The summed E-state index contributed by atoms with van der Waals surface area (Å²) in [4.78, 5) is 36.9. The fraction of sp³-hybridized carbons (Fsp3) is 0.471. The Labute approximate surface area is 137 Å². The molecule has 1 aromatic rings. The summed E-state index contributed by atoms with van der Waals surface area (Å²) in [5.74, 6) is -0.375. The zero-order valence-electron chi connectivity index (χ0n) is 13.8. The molecule has 0 heterocycles. The van der Waals surface area contributed by atoms with Gasteiger partial charge < -0.3 is 15.5 Å². The topological polar surface area (TPSA) is 78.5 Å². The molecule has 1 rings (SSSR count). The van der Waals surface area contributed by atoms with Gasteiger partial charge in [-0.2, -0.15) is 0 Å². The van der Waals surface area contributed by atoms with Crippen LogP contribution in [0.1, 0.15) is 37.0 Å². The Hall–Kier alpha value is -2.37. The van der Waals surface area contributed by atoms with Gasteiger partial charge in [-0.3, -0.25) is 14.4 Å². The van der Waals surface area contributed by atoms with Crippen molar-refractivity contribution < 1.29 is 14.4 Å². The Balaban J connectivity index is 2.29. The third kappa shape index (κ3) is 6.95. The maximum atomic E-state index is 12.1. The molecule has 0 radical (unpaired) electrons. The average Bonchev–Trinajstić information content (AvgIpc) is 2.57. The first-order valence-electron chi connectivity index (χ1n) is 7.96. The quantitative estimate of drug-likeness (QED) is 0.671. The first kappa shape index (κ1) is 18.7. The van der Waals surface area contributed by atoms with E-state index >= 15 is 0 Å². The number of benzene rings is 1. The van der Waals surface area contributed by atoms with Crippen molar-refractivity contribution in [3.63, 3.8) is 0 Å². The second-order valence-corrected chi connectivity index (χ2v) is 5.09. The SMILES string of the molecule is CCNC(=O)CN(CC)C(=O)CCCNC(=O)c1ccccc1. The van der Waals surface area contributed by atoms with E-state index < -0.39 is 0 Å². The van der Waals surface area contributed by atoms with Crippen LogP contribution >= 0.6 is 0 Å². The Kier molecular flexibility index (Phi) is 8.42. The van der Waals surface area contributed by atoms with Gasteiger partial charge in [0.2, 0.25) is 11.8 Å². The van der Waals surface area contributed by atoms with Crippen molar-refractivity contribution in [3.05, 3.63) is 35.9 Å². The molecule has 0 aliphatic heterocycles. The van der Waals surface area contributed by atoms with E-state index in [4.69, 9.17) is 0 Å². The van der Waals surface area contributed by atoms with Crippen LogP contribution in [0.3, 0.4) is 0 Å². The predicted molar refractivity (Wildman–Crippen MR) is 88.9 cm³/mol. The summed E-state index contributed by atoms with van der Waals surface area (Å²) in [7, 11) is 0. The molecule has 0 aliphatic rings. The molecule has 6 nitrogen and oxygen atoms in total. The van der Waals surface area contributed by atoms with Gasteiger partial charge in [0, 0.05) is 31.6 Å². The van der Waals surface area contributed by atoms with Gasteiger partial charge in [-0.1, -0.05) is 18.2 Å². The standard InChI is InChI=1S/C17H25N3O3/c1-3-18-15(21)13-20(4-2)16(22)11-8-12-19-17(23)14-9-6-5-7-10-14/h5-7,9-10H,3-4,8,11-13H2,1-2H3,(H,18,21)(H,19,23). The summed E-state index contributed by atoms with van der Waals surface area (Å²) in [6, 6.07) is 8.94. The molecule has 0 unspecified atom stereocenters. The van der Waals surface area contributed by atoms with Crippen molar-refractivity contribution >= 4 is 17.7 Å². The third-order valence-electron chi connectivity index (χ3n) is 3.33. The fourth-order valence-electron chi connectivity index (χ4n) is 2.09. The molecule has 0 aromatic heterocycles. The van der Waals surface area contributed by atoms with Gasteiger partial charge in [-0.05, 0) is 32.4 Å². The number of carbonyl (C=O) groups excluding carboxylic acids is 3. The molecule has 6 heteroatoms. The van der Waals surface area contributed by atoms with Gasteiger partial charge >= 0.3 is 0 Å². The first-order valence-corrected chi connectivity index (χ1v) is 7.96. The third-order valence-corrected chi connectivity index (χ3v) is 3.33. The highest BCUT2D eigenvalue weighted by molar-refractivity contribution is 5.94. The lowest BCUT2D eigenvalue weighted by atomic mass is 10.2. The van der Waals surface area contributed by atoms with Crippen LogP contribution in [0.15, 0.2) is 30.3 Å². The summed E-state index contributed by atoms with van der Waals surface area (Å²) in [5, 5.41) is 5.46. The molecule has 0 spiro atoms. The van der Waals surface area contributed by atoms with Gasteiger partial charge in [0.05, 0.1) is 6.54 Å². The smallest absolute Gasteiger partial charge is 0.251 e. The first-order chi connectivity index (χ1) is 11.1. The largest absolute Gasteiger partial charge is 0.355 e. The Morgan fingerprint density at radius 1 is 1.04 bits per heavy atom. The van der Waals surface area contributed by atoms with E-state index in [2.05, 4.69) is 10.6 Å². The van der Waals surface area contributed by atoms with E-state index in [9.17, 15) is 14.4 Å². The summed E-state index contributed by atoms with van der Waals surface area (Å²) in [6.07, 6.45) is 0.853. The van der Waals surface area contributed by atoms with Gasteiger partial charge in [0.1, 0.15) is 0 Å². The molecule has 0 fully saturated rings. The fourth-order valence-corrected chi connectivity index (χ4v) is 2.09. The Morgan fingerprint density at radius 2 is 1.74 bits per heavy atom. The molecule has 0 saturated heterocycles. The highest BCUT2D eigenvalue weighted by Gasteiger charge is 2.14. The maximum absolute atomic E-state index is 12.1. The van der Waals surface area contributed by atoms with Crippen molar-refractivity contribution in [2.24, 2.45) is 0 Å². The van der Waals surface area contributed by atoms with Crippen molar-refractivity contribution in [1.82, 2.24) is 15.5 Å². The molecule has 3 amide bonds. The highest BCUT2D eigenvalue weighted by Crippen LogP contribution is 2.00. The molecular weight excluding hydrogens is 294 g/mol. The van der Waals surface area contributed by atoms with Gasteiger partial charge in [-0.15, -0.1) is 0 Å². The number of hydrogen-bond acceptors (Lipinski definition) is 3. The number of rotatable bonds is 9. The number of nitrogens with one attached hydrogen (secondary N) is 2. The van der Waals surface area contributed by atoms with E-state index in [0.29, 0.717) is 38.0 Å². The minimum atomic E-state index is -0.153. The van der Waals surface area contributed by atoms with Crippen molar-refractivity contribution in [1.29, 1.82) is 0 Å². The van der Waals surface area contributed by atoms with E-state index in [0.717, 1.165) is 0 Å². The molecule has 0 atom stereocenters. The normalized spacial score (nSPS) is 10.0. The zero-order valence-corrected chi connectivity index (χ0v) is 13.8. The van der Waals surface area contributed by atoms with E-state index in [1.807, 2.05) is 19.9 Å². The minimum absolute atomic E-state index is 0.0762. The number of carbonyl (C=O) groups is 3. The van der Waals surface area contributed by atoms with Gasteiger partial charge in [0.25, 0.3) is 5.91 Å². The summed E-state index contributed by atoms with van der Waals surface area (Å²) >= 11 is 0. The Morgan fingerprint density at radius 3 is 2.35 bits per heavy atom. The predicted octanol–water partition coefficient (Wildman–Crippen LogP) is 1.18. The van der Waals surface area contributed by atoms with Crippen molar-refractivity contribution in [2.45, 2.75) is 26.7 Å². The minimum Gasteiger partial charge on any atom is -0.355 e. The highest BCUT2D eigenvalue weighted by atomic mass is 16.2. The van der Waals surface area contributed by atoms with Gasteiger partial charge in [-0.25, -0.2) is 0 Å². The van der Waals surface area contributed by atoms with Crippen LogP contribution in [0.5, 0.6) is 0 Å². The summed E-state index contributed by atoms with van der Waals surface area (Å²) in [6.45, 7) is 5.24. The number of amides is 3. The van der Waals surface area contributed by atoms with E-state index in [-0.39, 0.29) is 24.3 Å². The monoisotopic (exact) mass is 319 g/mol. The van der Waals surface area contributed by atoms with Crippen LogP contribution < -0.4 is 10.6 Å². The Bertz CT molecular complexity index is 517. The molecule has 2 N–H and O–H groups in total. The molecule has 126 valence electrons. The summed E-state index contributed by atoms with van der Waals surface area (Å²) in [5.41, 5.74) is 0.602. The second-order valence-electron chi connectivity index (χ2n) is 5.09. The van der Waals surface area contributed by atoms with Crippen molar-refractivity contribution in [3.8, 4) is 0 Å². The van der Waals surface area contributed by atoms with Crippen LogP contribution in [0.2, 0.25) is 0 Å². The van der Waals surface area contributed by atoms with Crippen LogP contribution in [-0.2, 0) is 9.59 Å². The van der Waals surface area contributed by atoms with Crippen LogP contribution in [-0.4, -0.2) is 48.8 Å². The molecule has 23 heavy (non-hydrogen) atoms. The molecule has 1 aromatic carbocycles. The molecule has 0 bridgehead atoms. The lowest BCUT2D eigenvalue weighted by molar-refractivity contribution is -0.135. The van der Waals surface area contributed by atoms with E-state index in [1.165, 1.54) is 4.90 Å². The number of likely N-dealkylation sites (N-methyl/N-ethyl adjacent to an activating group) is 2. The molecule has 0 aliphatic carbocycles. The van der Waals surface area contributed by atoms with Gasteiger partial charge in [0.15, 0.2) is 0 Å². The lowest BCUT2D eigenvalue weighted by Crippen LogP contribution is -2.40. The maximum Gasteiger partial charge on any atom is 0.251 e. The number of hydrogen-bond donors (Lipinski definition) is 2. The van der Waals surface area contributed by atoms with E-state index in [1.54, 1.807) is 24.3 Å². The van der Waals surface area contributed by atoms with Crippen LogP contribution in [0, 0.1) is 0 Å². The van der Waals surface area contributed by atoms with Crippen LogP contribution in [0.4, 0.5) is 0 Å². The van der Waals surface area contributed by atoms with Crippen LogP contribution in [0.25, 0.3) is 0 Å². The molecule has 0 saturated carbocycles. The second kappa shape index (κ2) is 10.4. The zero-order chi connectivity index (χ0) is 17.1. The summed E-state index contributed by atoms with van der Waals surface area (Å²) < 4.78 is 0.